The molecule has 16 heavy (non-hydrogen) atoms. The zero-order valence-corrected chi connectivity index (χ0v) is 10.3. The highest BCUT2D eigenvalue weighted by atomic mass is 79.9. The summed E-state index contributed by atoms with van der Waals surface area (Å²) in [5, 5.41) is 11.2. The Bertz CT molecular complexity index is 445. The maximum Gasteiger partial charge on any atom is 0.0769 e. The third-order valence-electron chi connectivity index (χ3n) is 2.15. The quantitative estimate of drug-likeness (QED) is 0.933. The number of benzene rings is 1. The first-order valence-corrected chi connectivity index (χ1v) is 5.85. The summed E-state index contributed by atoms with van der Waals surface area (Å²) in [6.07, 6.45) is 1.68. The predicted molar refractivity (Wildman–Crippen MR) is 66.7 cm³/mol. The molecule has 82 valence electrons. The van der Waals surface area contributed by atoms with E-state index in [-0.39, 0.29) is 0 Å². The normalized spacial score (nSPS) is 10.3. The first-order chi connectivity index (χ1) is 7.84. The second-order valence-electron chi connectivity index (χ2n) is 3.45. The van der Waals surface area contributed by atoms with Crippen LogP contribution in [0.15, 0.2) is 47.1 Å². The SMILES string of the molecule is Brc1cccc(CNCc2cccnn2)c1. The minimum atomic E-state index is 0.736. The second kappa shape index (κ2) is 5.72. The van der Waals surface area contributed by atoms with Gasteiger partial charge < -0.3 is 5.32 Å². The number of hydrogen-bond acceptors (Lipinski definition) is 3. The van der Waals surface area contributed by atoms with Crippen LogP contribution < -0.4 is 5.32 Å². The lowest BCUT2D eigenvalue weighted by Gasteiger charge is -2.04. The summed E-state index contributed by atoms with van der Waals surface area (Å²) < 4.78 is 1.10. The van der Waals surface area contributed by atoms with Gasteiger partial charge in [-0.2, -0.15) is 10.2 Å². The molecule has 2 aromatic rings. The van der Waals surface area contributed by atoms with Crippen LogP contribution in [0.2, 0.25) is 0 Å². The summed E-state index contributed by atoms with van der Waals surface area (Å²) in [5.74, 6) is 0. The fourth-order valence-electron chi connectivity index (χ4n) is 1.41. The van der Waals surface area contributed by atoms with E-state index in [4.69, 9.17) is 0 Å². The summed E-state index contributed by atoms with van der Waals surface area (Å²) >= 11 is 3.45. The molecular formula is C12H12BrN3. The van der Waals surface area contributed by atoms with E-state index in [1.165, 1.54) is 5.56 Å². The van der Waals surface area contributed by atoms with Gasteiger partial charge in [0, 0.05) is 23.8 Å². The van der Waals surface area contributed by atoms with E-state index in [2.05, 4.69) is 43.6 Å². The lowest BCUT2D eigenvalue weighted by molar-refractivity contribution is 0.670. The molecule has 0 amide bonds. The molecule has 0 saturated heterocycles. The molecule has 0 aliphatic heterocycles. The average molecular weight is 278 g/mol. The molecule has 0 atom stereocenters. The fraction of sp³-hybridized carbons (Fsp3) is 0.167. The van der Waals surface area contributed by atoms with Gasteiger partial charge in [0.05, 0.1) is 5.69 Å². The number of rotatable bonds is 4. The van der Waals surface area contributed by atoms with Crippen LogP contribution in [-0.2, 0) is 13.1 Å². The molecular weight excluding hydrogens is 266 g/mol. The van der Waals surface area contributed by atoms with E-state index in [0.717, 1.165) is 23.3 Å². The third kappa shape index (κ3) is 3.40. The van der Waals surface area contributed by atoms with Gasteiger partial charge in [0.25, 0.3) is 0 Å². The molecule has 0 radical (unpaired) electrons. The minimum absolute atomic E-state index is 0.736. The number of aromatic nitrogens is 2. The lowest BCUT2D eigenvalue weighted by Crippen LogP contribution is -2.13. The van der Waals surface area contributed by atoms with Crippen LogP contribution in [-0.4, -0.2) is 10.2 Å². The highest BCUT2D eigenvalue weighted by molar-refractivity contribution is 9.10. The zero-order valence-electron chi connectivity index (χ0n) is 8.73. The summed E-state index contributed by atoms with van der Waals surface area (Å²) in [5.41, 5.74) is 2.20. The van der Waals surface area contributed by atoms with Crippen LogP contribution in [0.25, 0.3) is 0 Å². The fourth-order valence-corrected chi connectivity index (χ4v) is 1.86. The van der Waals surface area contributed by atoms with Crippen LogP contribution in [0.3, 0.4) is 0 Å². The second-order valence-corrected chi connectivity index (χ2v) is 4.36. The van der Waals surface area contributed by atoms with Crippen LogP contribution in [0, 0.1) is 0 Å². The van der Waals surface area contributed by atoms with Gasteiger partial charge in [-0.3, -0.25) is 0 Å². The van der Waals surface area contributed by atoms with Crippen molar-refractivity contribution in [3.05, 3.63) is 58.3 Å². The van der Waals surface area contributed by atoms with Gasteiger partial charge in [-0.25, -0.2) is 0 Å². The van der Waals surface area contributed by atoms with Crippen molar-refractivity contribution >= 4 is 15.9 Å². The Morgan fingerprint density at radius 3 is 2.81 bits per heavy atom. The van der Waals surface area contributed by atoms with Crippen molar-refractivity contribution in [2.45, 2.75) is 13.1 Å². The summed E-state index contributed by atoms with van der Waals surface area (Å²) in [6, 6.07) is 12.1. The molecule has 1 aromatic carbocycles. The van der Waals surface area contributed by atoms with E-state index in [1.807, 2.05) is 24.3 Å². The standard InChI is InChI=1S/C12H12BrN3/c13-11-4-1-3-10(7-11)8-14-9-12-5-2-6-15-16-12/h1-7,14H,8-9H2. The molecule has 1 N–H and O–H groups in total. The highest BCUT2D eigenvalue weighted by Crippen LogP contribution is 2.11. The molecule has 4 heteroatoms. The molecule has 1 aromatic heterocycles. The van der Waals surface area contributed by atoms with Crippen molar-refractivity contribution in [1.29, 1.82) is 0 Å². The number of hydrogen-bond donors (Lipinski definition) is 1. The Balaban J connectivity index is 1.85. The topological polar surface area (TPSA) is 37.8 Å². The third-order valence-corrected chi connectivity index (χ3v) is 2.65. The van der Waals surface area contributed by atoms with Crippen molar-refractivity contribution < 1.29 is 0 Å². The highest BCUT2D eigenvalue weighted by Gasteiger charge is 1.95. The molecule has 0 bridgehead atoms. The van der Waals surface area contributed by atoms with Gasteiger partial charge in [0.2, 0.25) is 0 Å². The van der Waals surface area contributed by atoms with E-state index in [9.17, 15) is 0 Å². The van der Waals surface area contributed by atoms with Gasteiger partial charge in [-0.1, -0.05) is 28.1 Å². The van der Waals surface area contributed by atoms with Crippen molar-refractivity contribution in [3.63, 3.8) is 0 Å². The van der Waals surface area contributed by atoms with E-state index in [0.29, 0.717) is 0 Å². The monoisotopic (exact) mass is 277 g/mol. The largest absolute Gasteiger partial charge is 0.307 e. The maximum absolute atomic E-state index is 4.01. The number of halogens is 1. The number of nitrogens with zero attached hydrogens (tertiary/aromatic N) is 2. The summed E-state index contributed by atoms with van der Waals surface area (Å²) in [4.78, 5) is 0. The zero-order chi connectivity index (χ0) is 11.2. The molecule has 0 aliphatic rings. The van der Waals surface area contributed by atoms with Crippen molar-refractivity contribution in [2.24, 2.45) is 0 Å². The summed E-state index contributed by atoms with van der Waals surface area (Å²) in [7, 11) is 0. The van der Waals surface area contributed by atoms with E-state index in [1.54, 1.807) is 6.20 Å². The lowest BCUT2D eigenvalue weighted by atomic mass is 10.2. The van der Waals surface area contributed by atoms with Crippen LogP contribution in [0.5, 0.6) is 0 Å². The Kier molecular flexibility index (Phi) is 4.02. The molecule has 0 saturated carbocycles. The maximum atomic E-state index is 4.01. The molecule has 3 nitrogen and oxygen atoms in total. The van der Waals surface area contributed by atoms with Gasteiger partial charge in [-0.15, -0.1) is 0 Å². The van der Waals surface area contributed by atoms with Gasteiger partial charge >= 0.3 is 0 Å². The molecule has 0 fully saturated rings. The molecule has 1 heterocycles. The Morgan fingerprint density at radius 1 is 1.12 bits per heavy atom. The van der Waals surface area contributed by atoms with Crippen molar-refractivity contribution in [2.75, 3.05) is 0 Å². The predicted octanol–water partition coefficient (Wildman–Crippen LogP) is 2.53. The van der Waals surface area contributed by atoms with Crippen molar-refractivity contribution in [3.8, 4) is 0 Å². The van der Waals surface area contributed by atoms with E-state index < -0.39 is 0 Å². The van der Waals surface area contributed by atoms with Gasteiger partial charge in [0.15, 0.2) is 0 Å². The first kappa shape index (κ1) is 11.2. The van der Waals surface area contributed by atoms with Crippen LogP contribution in [0.1, 0.15) is 11.3 Å². The molecule has 0 spiro atoms. The average Bonchev–Trinajstić information content (AvgIpc) is 2.30. The Hall–Kier alpha value is -1.26. The first-order valence-electron chi connectivity index (χ1n) is 5.06. The molecule has 2 rings (SSSR count). The Morgan fingerprint density at radius 2 is 2.06 bits per heavy atom. The summed E-state index contributed by atoms with van der Waals surface area (Å²) in [6.45, 7) is 1.57. The van der Waals surface area contributed by atoms with Gasteiger partial charge in [-0.05, 0) is 29.8 Å². The minimum Gasteiger partial charge on any atom is -0.307 e. The van der Waals surface area contributed by atoms with Crippen molar-refractivity contribution in [1.82, 2.24) is 15.5 Å². The van der Waals surface area contributed by atoms with Gasteiger partial charge in [0.1, 0.15) is 0 Å². The Labute approximate surface area is 103 Å². The van der Waals surface area contributed by atoms with Crippen LogP contribution in [0.4, 0.5) is 0 Å². The molecule has 0 aliphatic carbocycles. The van der Waals surface area contributed by atoms with E-state index >= 15 is 0 Å². The number of nitrogens with one attached hydrogen (secondary N) is 1. The molecule has 0 unspecified atom stereocenters. The smallest absolute Gasteiger partial charge is 0.0769 e. The van der Waals surface area contributed by atoms with Crippen LogP contribution >= 0.6 is 15.9 Å².